The fourth-order valence-electron chi connectivity index (χ4n) is 4.10. The van der Waals surface area contributed by atoms with Crippen molar-refractivity contribution in [1.82, 2.24) is 10.6 Å². The van der Waals surface area contributed by atoms with Crippen LogP contribution in [0.25, 0.3) is 0 Å². The van der Waals surface area contributed by atoms with Gasteiger partial charge in [-0.3, -0.25) is 0 Å². The van der Waals surface area contributed by atoms with E-state index < -0.39 is 0 Å². The predicted octanol–water partition coefficient (Wildman–Crippen LogP) is 3.96. The highest BCUT2D eigenvalue weighted by atomic mass is 32.1. The van der Waals surface area contributed by atoms with Crippen LogP contribution in [0.4, 0.5) is 5.00 Å². The van der Waals surface area contributed by atoms with Gasteiger partial charge in [-0.15, -0.1) is 11.3 Å². The first-order valence-corrected chi connectivity index (χ1v) is 11.1. The van der Waals surface area contributed by atoms with E-state index in [1.165, 1.54) is 41.0 Å². The predicted molar refractivity (Wildman–Crippen MR) is 116 cm³/mol. The number of thiophene rings is 1. The zero-order valence-electron chi connectivity index (χ0n) is 16.2. The molecule has 1 aliphatic heterocycles. The molecule has 144 valence electrons. The summed E-state index contributed by atoms with van der Waals surface area (Å²) in [6, 6.07) is 11.8. The van der Waals surface area contributed by atoms with Gasteiger partial charge in [-0.05, 0) is 73.2 Å². The van der Waals surface area contributed by atoms with Gasteiger partial charge in [0, 0.05) is 25.7 Å². The second-order valence-electron chi connectivity index (χ2n) is 7.51. The van der Waals surface area contributed by atoms with Gasteiger partial charge in [-0.1, -0.05) is 18.2 Å². The van der Waals surface area contributed by atoms with E-state index in [2.05, 4.69) is 58.2 Å². The minimum absolute atomic E-state index is 0.499. The van der Waals surface area contributed by atoms with Crippen molar-refractivity contribution in [2.24, 2.45) is 4.99 Å². The molecule has 4 rings (SSSR count). The lowest BCUT2D eigenvalue weighted by molar-refractivity contribution is 0.463. The molecule has 1 aromatic heterocycles. The minimum atomic E-state index is 0.499. The van der Waals surface area contributed by atoms with Crippen LogP contribution in [0.15, 0.2) is 40.7 Å². The van der Waals surface area contributed by atoms with Crippen molar-refractivity contribution < 1.29 is 0 Å². The number of aliphatic imine (C=N–C) groups is 1. The molecule has 0 spiro atoms. The average Bonchev–Trinajstić information content (AvgIpc) is 3.38. The molecule has 0 bridgehead atoms. The Morgan fingerprint density at radius 1 is 1.19 bits per heavy atom. The second kappa shape index (κ2) is 8.79. The highest BCUT2D eigenvalue weighted by molar-refractivity contribution is 7.14. The number of hydrogen-bond donors (Lipinski definition) is 2. The Morgan fingerprint density at radius 3 is 2.81 bits per heavy atom. The SMILES string of the molecule is CCNC(=NCc1ccc2c(c1)CCC2)NC1CCN(c2cccs2)CC1. The smallest absolute Gasteiger partial charge is 0.191 e. The van der Waals surface area contributed by atoms with Crippen LogP contribution in [0.1, 0.15) is 42.9 Å². The maximum Gasteiger partial charge on any atom is 0.191 e. The molecule has 0 radical (unpaired) electrons. The molecule has 4 nitrogen and oxygen atoms in total. The number of nitrogens with zero attached hydrogens (tertiary/aromatic N) is 2. The van der Waals surface area contributed by atoms with E-state index in [1.807, 2.05) is 11.3 Å². The Balaban J connectivity index is 1.33. The van der Waals surface area contributed by atoms with E-state index in [-0.39, 0.29) is 0 Å². The summed E-state index contributed by atoms with van der Waals surface area (Å²) >= 11 is 1.84. The standard InChI is InChI=1S/C22H30N4S/c1-2-23-22(24-16-17-8-9-18-5-3-6-19(18)15-17)25-20-10-12-26(13-11-20)21-7-4-14-27-21/h4,7-9,14-15,20H,2-3,5-6,10-13,16H2,1H3,(H2,23,24,25). The number of piperidine rings is 1. The zero-order chi connectivity index (χ0) is 18.5. The number of benzene rings is 1. The number of guanidine groups is 1. The Kier molecular flexibility index (Phi) is 5.97. The molecule has 2 aromatic rings. The Labute approximate surface area is 166 Å². The fourth-order valence-corrected chi connectivity index (χ4v) is 4.89. The number of nitrogens with one attached hydrogen (secondary N) is 2. The van der Waals surface area contributed by atoms with Crippen LogP contribution >= 0.6 is 11.3 Å². The summed E-state index contributed by atoms with van der Waals surface area (Å²) < 4.78 is 0. The summed E-state index contributed by atoms with van der Waals surface area (Å²) in [5.41, 5.74) is 4.38. The molecule has 2 heterocycles. The highest BCUT2D eigenvalue weighted by Gasteiger charge is 2.20. The van der Waals surface area contributed by atoms with Gasteiger partial charge in [-0.2, -0.15) is 0 Å². The molecule has 2 aliphatic rings. The number of aryl methyl sites for hydroxylation is 2. The summed E-state index contributed by atoms with van der Waals surface area (Å²) in [6.45, 7) is 6.00. The summed E-state index contributed by atoms with van der Waals surface area (Å²) in [5.74, 6) is 0.951. The summed E-state index contributed by atoms with van der Waals surface area (Å²) in [5, 5.41) is 10.6. The average molecular weight is 383 g/mol. The molecule has 5 heteroatoms. The van der Waals surface area contributed by atoms with Crippen molar-refractivity contribution >= 4 is 22.3 Å². The normalized spacial score (nSPS) is 17.8. The van der Waals surface area contributed by atoms with Crippen molar-refractivity contribution in [2.75, 3.05) is 24.5 Å². The Morgan fingerprint density at radius 2 is 2.04 bits per heavy atom. The lowest BCUT2D eigenvalue weighted by Crippen LogP contribution is -2.48. The van der Waals surface area contributed by atoms with Crippen molar-refractivity contribution in [3.63, 3.8) is 0 Å². The number of anilines is 1. The van der Waals surface area contributed by atoms with Crippen LogP contribution in [0.2, 0.25) is 0 Å². The molecule has 1 saturated heterocycles. The molecule has 0 unspecified atom stereocenters. The van der Waals surface area contributed by atoms with E-state index in [9.17, 15) is 0 Å². The Hall–Kier alpha value is -2.01. The summed E-state index contributed by atoms with van der Waals surface area (Å²) in [6.07, 6.45) is 6.08. The number of fused-ring (bicyclic) bond motifs is 1. The van der Waals surface area contributed by atoms with Crippen molar-refractivity contribution in [1.29, 1.82) is 0 Å². The van der Waals surface area contributed by atoms with Crippen molar-refractivity contribution in [3.8, 4) is 0 Å². The zero-order valence-corrected chi connectivity index (χ0v) is 17.0. The van der Waals surface area contributed by atoms with E-state index >= 15 is 0 Å². The van der Waals surface area contributed by atoms with Gasteiger partial charge in [-0.25, -0.2) is 4.99 Å². The van der Waals surface area contributed by atoms with Gasteiger partial charge in [0.1, 0.15) is 0 Å². The third kappa shape index (κ3) is 4.64. The van der Waals surface area contributed by atoms with Crippen molar-refractivity contribution in [3.05, 3.63) is 52.4 Å². The molecule has 2 N–H and O–H groups in total. The van der Waals surface area contributed by atoms with E-state index in [4.69, 9.17) is 4.99 Å². The molecule has 27 heavy (non-hydrogen) atoms. The molecule has 0 saturated carbocycles. The van der Waals surface area contributed by atoms with Gasteiger partial charge >= 0.3 is 0 Å². The van der Waals surface area contributed by atoms with E-state index in [0.717, 1.165) is 45.0 Å². The van der Waals surface area contributed by atoms with E-state index in [0.29, 0.717) is 6.04 Å². The van der Waals surface area contributed by atoms with Gasteiger partial charge in [0.05, 0.1) is 11.5 Å². The van der Waals surface area contributed by atoms with Crippen LogP contribution in [0.3, 0.4) is 0 Å². The van der Waals surface area contributed by atoms with Crippen LogP contribution in [-0.4, -0.2) is 31.6 Å². The van der Waals surface area contributed by atoms with Gasteiger partial charge in [0.25, 0.3) is 0 Å². The molecule has 0 amide bonds. The lowest BCUT2D eigenvalue weighted by atomic mass is 10.1. The number of hydrogen-bond acceptors (Lipinski definition) is 3. The second-order valence-corrected chi connectivity index (χ2v) is 8.43. The van der Waals surface area contributed by atoms with Gasteiger partial charge < -0.3 is 15.5 Å². The third-order valence-electron chi connectivity index (χ3n) is 5.58. The van der Waals surface area contributed by atoms with Crippen LogP contribution < -0.4 is 15.5 Å². The molecule has 0 atom stereocenters. The largest absolute Gasteiger partial charge is 0.363 e. The Bertz CT molecular complexity index is 761. The first kappa shape index (κ1) is 18.4. The van der Waals surface area contributed by atoms with Crippen LogP contribution in [0.5, 0.6) is 0 Å². The first-order chi connectivity index (χ1) is 13.3. The monoisotopic (exact) mass is 382 g/mol. The van der Waals surface area contributed by atoms with Gasteiger partial charge in [0.2, 0.25) is 0 Å². The molecule has 1 aromatic carbocycles. The highest BCUT2D eigenvalue weighted by Crippen LogP contribution is 2.25. The van der Waals surface area contributed by atoms with Crippen molar-refractivity contribution in [2.45, 2.75) is 51.6 Å². The molecule has 1 aliphatic carbocycles. The molecular weight excluding hydrogens is 352 g/mol. The van der Waals surface area contributed by atoms with Gasteiger partial charge in [0.15, 0.2) is 5.96 Å². The topological polar surface area (TPSA) is 39.7 Å². The van der Waals surface area contributed by atoms with E-state index in [1.54, 1.807) is 0 Å². The number of rotatable bonds is 5. The summed E-state index contributed by atoms with van der Waals surface area (Å²) in [4.78, 5) is 7.35. The third-order valence-corrected chi connectivity index (χ3v) is 6.51. The molecular formula is C22H30N4S. The fraction of sp³-hybridized carbons (Fsp3) is 0.500. The minimum Gasteiger partial charge on any atom is -0.363 e. The maximum atomic E-state index is 4.86. The summed E-state index contributed by atoms with van der Waals surface area (Å²) in [7, 11) is 0. The van der Waals surface area contributed by atoms with Crippen LogP contribution in [-0.2, 0) is 19.4 Å². The molecule has 1 fully saturated rings. The van der Waals surface area contributed by atoms with Crippen LogP contribution in [0, 0.1) is 0 Å². The first-order valence-electron chi connectivity index (χ1n) is 10.3. The maximum absolute atomic E-state index is 4.86. The quantitative estimate of drug-likeness (QED) is 0.607. The lowest BCUT2D eigenvalue weighted by Gasteiger charge is -2.33.